The molecule has 0 saturated heterocycles. The van der Waals surface area contributed by atoms with E-state index >= 15 is 0 Å². The van der Waals surface area contributed by atoms with Crippen molar-refractivity contribution < 1.29 is 4.79 Å². The third-order valence-electron chi connectivity index (χ3n) is 2.35. The van der Waals surface area contributed by atoms with Gasteiger partial charge in [0.25, 0.3) is 5.91 Å². The van der Waals surface area contributed by atoms with Gasteiger partial charge in [0.1, 0.15) is 0 Å². The third kappa shape index (κ3) is 3.65. The molecule has 0 atom stereocenters. The number of hydrogen-bond donors (Lipinski definition) is 2. The summed E-state index contributed by atoms with van der Waals surface area (Å²) in [7, 11) is 0. The lowest BCUT2D eigenvalue weighted by molar-refractivity contribution is 0.0953. The standard InChI is InChI=1S/C12H14N4OS3/c1-3-14-10(17)8-5-4-7(13)6-9(8)19-12-16-15-11(18-2)20-12/h4-6H,3,13H2,1-2H3,(H,14,17). The van der Waals surface area contributed by atoms with Crippen molar-refractivity contribution in [2.45, 2.75) is 20.5 Å². The summed E-state index contributed by atoms with van der Waals surface area (Å²) < 4.78 is 1.70. The van der Waals surface area contributed by atoms with E-state index in [-0.39, 0.29) is 5.91 Å². The molecule has 0 fully saturated rings. The maximum Gasteiger partial charge on any atom is 0.252 e. The van der Waals surface area contributed by atoms with Crippen molar-refractivity contribution in [1.29, 1.82) is 0 Å². The topological polar surface area (TPSA) is 80.9 Å². The van der Waals surface area contributed by atoms with Crippen molar-refractivity contribution in [3.05, 3.63) is 23.8 Å². The van der Waals surface area contributed by atoms with Gasteiger partial charge < -0.3 is 11.1 Å². The minimum Gasteiger partial charge on any atom is -0.399 e. The molecule has 2 aromatic rings. The number of carbonyl (C=O) groups is 1. The summed E-state index contributed by atoms with van der Waals surface area (Å²) >= 11 is 4.46. The summed E-state index contributed by atoms with van der Waals surface area (Å²) in [6, 6.07) is 5.25. The molecule has 0 radical (unpaired) electrons. The van der Waals surface area contributed by atoms with E-state index < -0.39 is 0 Å². The van der Waals surface area contributed by atoms with Crippen LogP contribution >= 0.6 is 34.9 Å². The van der Waals surface area contributed by atoms with E-state index in [1.165, 1.54) is 23.1 Å². The molecular weight excluding hydrogens is 312 g/mol. The van der Waals surface area contributed by atoms with Gasteiger partial charge in [0.15, 0.2) is 8.68 Å². The molecule has 106 valence electrons. The summed E-state index contributed by atoms with van der Waals surface area (Å²) in [4.78, 5) is 12.8. The summed E-state index contributed by atoms with van der Waals surface area (Å²) in [6.07, 6.45) is 1.95. The van der Waals surface area contributed by atoms with E-state index in [1.807, 2.05) is 13.2 Å². The maximum atomic E-state index is 12.0. The molecule has 0 saturated carbocycles. The average molecular weight is 326 g/mol. The molecule has 1 aromatic carbocycles. The second kappa shape index (κ2) is 6.96. The molecular formula is C12H14N4OS3. The van der Waals surface area contributed by atoms with E-state index in [0.29, 0.717) is 17.8 Å². The number of nitrogens with two attached hydrogens (primary N) is 1. The van der Waals surface area contributed by atoms with Crippen molar-refractivity contribution in [2.75, 3.05) is 18.5 Å². The van der Waals surface area contributed by atoms with Gasteiger partial charge in [0.2, 0.25) is 0 Å². The van der Waals surface area contributed by atoms with Crippen LogP contribution in [-0.4, -0.2) is 28.9 Å². The molecule has 20 heavy (non-hydrogen) atoms. The van der Waals surface area contributed by atoms with Crippen LogP contribution in [0, 0.1) is 0 Å². The van der Waals surface area contributed by atoms with Gasteiger partial charge in [0, 0.05) is 17.1 Å². The summed E-state index contributed by atoms with van der Waals surface area (Å²) in [6.45, 7) is 2.47. The Morgan fingerprint density at radius 1 is 1.40 bits per heavy atom. The highest BCUT2D eigenvalue weighted by molar-refractivity contribution is 8.03. The average Bonchev–Trinajstić information content (AvgIpc) is 2.87. The molecule has 3 N–H and O–H groups in total. The third-order valence-corrected chi connectivity index (χ3v) is 5.35. The number of thioether (sulfide) groups is 1. The highest BCUT2D eigenvalue weighted by Crippen LogP contribution is 2.35. The van der Waals surface area contributed by atoms with Crippen molar-refractivity contribution in [2.24, 2.45) is 0 Å². The molecule has 0 spiro atoms. The number of nitrogens with one attached hydrogen (secondary N) is 1. The molecule has 1 aromatic heterocycles. The molecule has 0 aliphatic carbocycles. The molecule has 0 bridgehead atoms. The second-order valence-electron chi connectivity index (χ2n) is 3.76. The van der Waals surface area contributed by atoms with E-state index in [1.54, 1.807) is 30.0 Å². The van der Waals surface area contributed by atoms with Crippen molar-refractivity contribution in [3.63, 3.8) is 0 Å². The molecule has 8 heteroatoms. The van der Waals surface area contributed by atoms with Gasteiger partial charge in [-0.05, 0) is 31.4 Å². The predicted octanol–water partition coefficient (Wildman–Crippen LogP) is 2.74. The Morgan fingerprint density at radius 3 is 2.80 bits per heavy atom. The van der Waals surface area contributed by atoms with Crippen LogP contribution in [0.25, 0.3) is 0 Å². The fourth-order valence-corrected chi connectivity index (χ4v) is 4.05. The number of hydrogen-bond acceptors (Lipinski definition) is 7. The summed E-state index contributed by atoms with van der Waals surface area (Å²) in [5.74, 6) is -0.107. The highest BCUT2D eigenvalue weighted by Gasteiger charge is 2.14. The quantitative estimate of drug-likeness (QED) is 0.649. The second-order valence-corrected chi connectivity index (χ2v) is 7.08. The predicted molar refractivity (Wildman–Crippen MR) is 84.7 cm³/mol. The SMILES string of the molecule is CCNC(=O)c1ccc(N)cc1Sc1nnc(SC)s1. The van der Waals surface area contributed by atoms with Crippen LogP contribution in [0.5, 0.6) is 0 Å². The summed E-state index contributed by atoms with van der Waals surface area (Å²) in [5.41, 5.74) is 7.03. The van der Waals surface area contributed by atoms with Crippen LogP contribution < -0.4 is 11.1 Å². The first-order chi connectivity index (χ1) is 9.63. The van der Waals surface area contributed by atoms with Gasteiger partial charge in [-0.3, -0.25) is 4.79 Å². The molecule has 0 aliphatic rings. The molecule has 0 unspecified atom stereocenters. The van der Waals surface area contributed by atoms with E-state index in [2.05, 4.69) is 15.5 Å². The molecule has 0 aliphatic heterocycles. The monoisotopic (exact) mass is 326 g/mol. The molecule has 2 rings (SSSR count). The van der Waals surface area contributed by atoms with Gasteiger partial charge >= 0.3 is 0 Å². The molecule has 1 heterocycles. The zero-order valence-corrected chi connectivity index (χ0v) is 13.5. The Hall–Kier alpha value is -1.25. The number of aromatic nitrogens is 2. The van der Waals surface area contributed by atoms with Gasteiger partial charge in [-0.1, -0.05) is 34.9 Å². The van der Waals surface area contributed by atoms with Crippen molar-refractivity contribution >= 4 is 46.5 Å². The maximum absolute atomic E-state index is 12.0. The Balaban J connectivity index is 2.29. The van der Waals surface area contributed by atoms with Gasteiger partial charge in [0.05, 0.1) is 5.56 Å². The van der Waals surface area contributed by atoms with E-state index in [4.69, 9.17) is 5.73 Å². The van der Waals surface area contributed by atoms with Gasteiger partial charge in [-0.25, -0.2) is 0 Å². The lowest BCUT2D eigenvalue weighted by atomic mass is 10.2. The Labute approximate surface area is 129 Å². The number of rotatable bonds is 5. The zero-order valence-electron chi connectivity index (χ0n) is 11.0. The van der Waals surface area contributed by atoms with Crippen LogP contribution in [0.1, 0.15) is 17.3 Å². The van der Waals surface area contributed by atoms with Crippen molar-refractivity contribution in [3.8, 4) is 0 Å². The van der Waals surface area contributed by atoms with Gasteiger partial charge in [-0.15, -0.1) is 10.2 Å². The Morgan fingerprint density at radius 2 is 2.15 bits per heavy atom. The first-order valence-corrected chi connectivity index (χ1v) is 8.73. The zero-order chi connectivity index (χ0) is 14.5. The number of benzene rings is 1. The fraction of sp³-hybridized carbons (Fsp3) is 0.250. The number of amides is 1. The highest BCUT2D eigenvalue weighted by atomic mass is 32.2. The van der Waals surface area contributed by atoms with Gasteiger partial charge in [-0.2, -0.15) is 0 Å². The van der Waals surface area contributed by atoms with E-state index in [9.17, 15) is 4.79 Å². The lowest BCUT2D eigenvalue weighted by Gasteiger charge is -2.08. The van der Waals surface area contributed by atoms with E-state index in [0.717, 1.165) is 13.6 Å². The number of anilines is 1. The van der Waals surface area contributed by atoms with Crippen LogP contribution in [0.4, 0.5) is 5.69 Å². The number of nitrogens with zero attached hydrogens (tertiary/aromatic N) is 2. The Bertz CT molecular complexity index is 614. The fourth-order valence-electron chi connectivity index (χ4n) is 1.48. The van der Waals surface area contributed by atoms with Crippen LogP contribution in [0.3, 0.4) is 0 Å². The number of nitrogen functional groups attached to an aromatic ring is 1. The lowest BCUT2D eigenvalue weighted by Crippen LogP contribution is -2.23. The smallest absolute Gasteiger partial charge is 0.252 e. The first-order valence-electron chi connectivity index (χ1n) is 5.87. The minimum absolute atomic E-state index is 0.107. The van der Waals surface area contributed by atoms with Crippen LogP contribution in [-0.2, 0) is 0 Å². The minimum atomic E-state index is -0.107. The summed E-state index contributed by atoms with van der Waals surface area (Å²) in [5, 5.41) is 10.9. The van der Waals surface area contributed by atoms with Crippen molar-refractivity contribution in [1.82, 2.24) is 15.5 Å². The van der Waals surface area contributed by atoms with Crippen LogP contribution in [0.2, 0.25) is 0 Å². The first kappa shape index (κ1) is 15.1. The normalized spacial score (nSPS) is 10.5. The largest absolute Gasteiger partial charge is 0.399 e. The Kier molecular flexibility index (Phi) is 5.27. The molecule has 5 nitrogen and oxygen atoms in total. The molecule has 1 amide bonds. The number of carbonyl (C=O) groups excluding carboxylic acids is 1. The van der Waals surface area contributed by atoms with Crippen LogP contribution in [0.15, 0.2) is 31.8 Å².